The van der Waals surface area contributed by atoms with Crippen molar-refractivity contribution in [2.24, 2.45) is 0 Å². The van der Waals surface area contributed by atoms with Crippen molar-refractivity contribution in [2.45, 2.75) is 24.6 Å². The molecule has 0 unspecified atom stereocenters. The number of Topliss-reactive ketones (excluding diaryl/α,β-unsaturated/α-hetero) is 1. The molecule has 0 radical (unpaired) electrons. The molecule has 47 heavy (non-hydrogen) atoms. The number of carbonyl (C=O) groups is 2. The third-order valence-corrected chi connectivity index (χ3v) is 7.79. The van der Waals surface area contributed by atoms with Gasteiger partial charge in [-0.25, -0.2) is 9.97 Å². The van der Waals surface area contributed by atoms with Crippen LogP contribution in [0.2, 0.25) is 0 Å². The molecule has 0 atom stereocenters. The van der Waals surface area contributed by atoms with Crippen molar-refractivity contribution in [2.75, 3.05) is 51.3 Å². The fraction of sp³-hybridized carbons (Fsp3) is 0.355. The summed E-state index contributed by atoms with van der Waals surface area (Å²) in [6.07, 6.45) is -9.65. The number of aromatic nitrogens is 3. The average Bonchev–Trinajstić information content (AvgIpc) is 3.50. The smallest absolute Gasteiger partial charge is 0.378 e. The van der Waals surface area contributed by atoms with Crippen LogP contribution in [0, 0.1) is 0 Å². The van der Waals surface area contributed by atoms with Crippen molar-refractivity contribution in [3.63, 3.8) is 0 Å². The normalized spacial score (nSPS) is 16.4. The Labute approximate surface area is 263 Å². The molecule has 2 fully saturated rings. The summed E-state index contributed by atoms with van der Waals surface area (Å²) in [5, 5.41) is 3.24. The van der Waals surface area contributed by atoms with Crippen LogP contribution in [0.15, 0.2) is 67.3 Å². The lowest BCUT2D eigenvalue weighted by atomic mass is 10.0. The second kappa shape index (κ2) is 12.9. The van der Waals surface area contributed by atoms with Crippen LogP contribution < -0.4 is 5.32 Å². The van der Waals surface area contributed by atoms with Gasteiger partial charge in [0.25, 0.3) is 5.91 Å². The van der Waals surface area contributed by atoms with Gasteiger partial charge >= 0.3 is 12.4 Å². The first-order valence-corrected chi connectivity index (χ1v) is 14.6. The number of hydrogen-bond donors (Lipinski definition) is 1. The zero-order valence-corrected chi connectivity index (χ0v) is 24.6. The van der Waals surface area contributed by atoms with E-state index in [9.17, 15) is 35.9 Å². The first-order chi connectivity index (χ1) is 22.3. The number of imidazole rings is 1. The van der Waals surface area contributed by atoms with Crippen LogP contribution in [-0.4, -0.2) is 106 Å². The van der Waals surface area contributed by atoms with Crippen LogP contribution in [0.5, 0.6) is 0 Å². The molecular formula is C31H28F6N6O4. The van der Waals surface area contributed by atoms with Gasteiger partial charge in [-0.3, -0.25) is 14.5 Å². The van der Waals surface area contributed by atoms with Crippen molar-refractivity contribution in [1.29, 1.82) is 0 Å². The molecule has 10 nitrogen and oxygen atoms in total. The highest BCUT2D eigenvalue weighted by molar-refractivity contribution is 5.99. The van der Waals surface area contributed by atoms with Crippen LogP contribution >= 0.6 is 0 Å². The number of alkyl halides is 6. The van der Waals surface area contributed by atoms with E-state index < -0.39 is 24.6 Å². The van der Waals surface area contributed by atoms with Crippen LogP contribution in [0.25, 0.3) is 16.8 Å². The molecule has 2 aliphatic rings. The maximum atomic E-state index is 13.0. The van der Waals surface area contributed by atoms with E-state index >= 15 is 0 Å². The monoisotopic (exact) mass is 662 g/mol. The fourth-order valence-corrected chi connectivity index (χ4v) is 5.40. The number of nitrogens with zero attached hydrogens (tertiary/aromatic N) is 5. The third kappa shape index (κ3) is 7.39. The number of rotatable bonds is 9. The summed E-state index contributed by atoms with van der Waals surface area (Å²) >= 11 is 0. The van der Waals surface area contributed by atoms with E-state index in [4.69, 9.17) is 4.74 Å². The van der Waals surface area contributed by atoms with Crippen LogP contribution in [-0.2, 0) is 9.47 Å². The number of hydrogen-bond acceptors (Lipinski definition) is 8. The summed E-state index contributed by atoms with van der Waals surface area (Å²) in [6.45, 7) is 1.33. The molecule has 1 amide bonds. The highest BCUT2D eigenvalue weighted by atomic mass is 19.4. The molecule has 16 heteroatoms. The summed E-state index contributed by atoms with van der Waals surface area (Å²) < 4.78 is 88.2. The molecule has 0 spiro atoms. The Morgan fingerprint density at radius 1 is 0.957 bits per heavy atom. The van der Waals surface area contributed by atoms with Gasteiger partial charge in [-0.05, 0) is 29.8 Å². The van der Waals surface area contributed by atoms with Crippen LogP contribution in [0.3, 0.4) is 0 Å². The number of morpholine rings is 1. The first kappa shape index (κ1) is 32.4. The second-order valence-electron chi connectivity index (χ2n) is 11.2. The molecule has 2 aliphatic heterocycles. The number of fused-ring (bicyclic) bond motifs is 1. The van der Waals surface area contributed by atoms with E-state index in [-0.39, 0.29) is 31.3 Å². The molecule has 1 N–H and O–H groups in total. The SMILES string of the molecule is O=C(CN1CC(OC(C(F)(F)F)C(F)(F)F)C1)c1cccc(-c2cc(Nc3ccc(C(=O)N4CCOCC4)cn3)c3nccn3c2)c1. The van der Waals surface area contributed by atoms with E-state index in [1.54, 1.807) is 58.1 Å². The average molecular weight is 663 g/mol. The molecule has 4 aromatic rings. The summed E-state index contributed by atoms with van der Waals surface area (Å²) in [6, 6.07) is 11.9. The number of halogens is 6. The van der Waals surface area contributed by atoms with Gasteiger partial charge < -0.3 is 24.1 Å². The van der Waals surface area contributed by atoms with Gasteiger partial charge in [0.15, 0.2) is 11.4 Å². The number of nitrogens with one attached hydrogen (secondary N) is 1. The van der Waals surface area contributed by atoms with Gasteiger partial charge in [0.05, 0.1) is 37.1 Å². The van der Waals surface area contributed by atoms with Crippen molar-refractivity contribution in [3.05, 3.63) is 78.4 Å². The quantitative estimate of drug-likeness (QED) is 0.198. The molecule has 3 aromatic heterocycles. The maximum absolute atomic E-state index is 13.0. The molecule has 248 valence electrons. The van der Waals surface area contributed by atoms with Gasteiger partial charge in [0.2, 0.25) is 6.10 Å². The Morgan fingerprint density at radius 3 is 2.38 bits per heavy atom. The van der Waals surface area contributed by atoms with Crippen molar-refractivity contribution >= 4 is 28.8 Å². The van der Waals surface area contributed by atoms with E-state index in [1.165, 1.54) is 11.1 Å². The predicted molar refractivity (Wildman–Crippen MR) is 156 cm³/mol. The third-order valence-electron chi connectivity index (χ3n) is 7.79. The minimum absolute atomic E-state index is 0.127. The maximum Gasteiger partial charge on any atom is 0.423 e. The number of ether oxygens (including phenoxy) is 2. The number of carbonyl (C=O) groups excluding carboxylic acids is 2. The fourth-order valence-electron chi connectivity index (χ4n) is 5.40. The Bertz CT molecular complexity index is 1730. The second-order valence-corrected chi connectivity index (χ2v) is 11.2. The van der Waals surface area contributed by atoms with Crippen molar-refractivity contribution in [1.82, 2.24) is 24.2 Å². The standard InChI is InChI=1S/C31H28F6N6O4/c32-30(33,34)29(31(35,36)37)47-23-16-41(17-23)18-25(44)20-3-1-2-19(12-20)22-13-24(27-38-6-7-43(27)15-22)40-26-5-4-21(14-39-26)28(45)42-8-10-46-11-9-42/h1-7,12-15,23,29H,8-11,16-18H2,(H,39,40). The Kier molecular flexibility index (Phi) is 8.91. The van der Waals surface area contributed by atoms with Gasteiger partial charge in [0.1, 0.15) is 5.82 Å². The van der Waals surface area contributed by atoms with Gasteiger partial charge in [-0.1, -0.05) is 18.2 Å². The summed E-state index contributed by atoms with van der Waals surface area (Å²) in [5.41, 5.74) is 3.37. The van der Waals surface area contributed by atoms with Crippen molar-refractivity contribution < 1.29 is 45.4 Å². The molecule has 6 rings (SSSR count). The Morgan fingerprint density at radius 2 is 1.70 bits per heavy atom. The van der Waals surface area contributed by atoms with Gasteiger partial charge in [0, 0.05) is 62.1 Å². The number of likely N-dealkylation sites (tertiary alicyclic amines) is 1. The molecule has 0 bridgehead atoms. The minimum Gasteiger partial charge on any atom is -0.378 e. The molecule has 1 aromatic carbocycles. The van der Waals surface area contributed by atoms with E-state index in [2.05, 4.69) is 20.0 Å². The lowest BCUT2D eigenvalue weighted by molar-refractivity contribution is -0.337. The van der Waals surface area contributed by atoms with E-state index in [1.807, 2.05) is 12.3 Å². The number of ketones is 1. The largest absolute Gasteiger partial charge is 0.423 e. The van der Waals surface area contributed by atoms with Gasteiger partial charge in [-0.2, -0.15) is 26.3 Å². The Hall–Kier alpha value is -4.54. The molecule has 5 heterocycles. The minimum atomic E-state index is -5.59. The lowest BCUT2D eigenvalue weighted by Gasteiger charge is -2.40. The molecule has 2 saturated heterocycles. The van der Waals surface area contributed by atoms with Crippen LogP contribution in [0.1, 0.15) is 20.7 Å². The number of amides is 1. The summed E-state index contributed by atoms with van der Waals surface area (Å²) in [5.74, 6) is -0.00665. The summed E-state index contributed by atoms with van der Waals surface area (Å²) in [4.78, 5) is 37.8. The number of benzene rings is 1. The highest BCUT2D eigenvalue weighted by Gasteiger charge is 2.59. The van der Waals surface area contributed by atoms with Crippen LogP contribution in [0.4, 0.5) is 37.8 Å². The molecular weight excluding hydrogens is 634 g/mol. The Balaban J connectivity index is 1.12. The lowest BCUT2D eigenvalue weighted by Crippen LogP contribution is -2.58. The highest BCUT2D eigenvalue weighted by Crippen LogP contribution is 2.37. The van der Waals surface area contributed by atoms with E-state index in [0.29, 0.717) is 60.1 Å². The number of anilines is 2. The zero-order valence-electron chi connectivity index (χ0n) is 24.6. The molecule has 0 saturated carbocycles. The molecule has 0 aliphatic carbocycles. The van der Waals surface area contributed by atoms with Gasteiger partial charge in [-0.15, -0.1) is 0 Å². The van der Waals surface area contributed by atoms with Crippen molar-refractivity contribution in [3.8, 4) is 11.1 Å². The summed E-state index contributed by atoms with van der Waals surface area (Å²) in [7, 11) is 0. The van der Waals surface area contributed by atoms with E-state index in [0.717, 1.165) is 5.56 Å². The zero-order chi connectivity index (χ0) is 33.3. The topological polar surface area (TPSA) is 101 Å². The first-order valence-electron chi connectivity index (χ1n) is 14.6. The number of pyridine rings is 2. The predicted octanol–water partition coefficient (Wildman–Crippen LogP) is 4.99.